The average molecular weight is 304 g/mol. The van der Waals surface area contributed by atoms with Gasteiger partial charge in [0.15, 0.2) is 0 Å². The third-order valence-corrected chi connectivity index (χ3v) is 3.03. The number of hydrogen-bond acceptors (Lipinski definition) is 8. The molecule has 1 aromatic heterocycles. The van der Waals surface area contributed by atoms with Crippen LogP contribution in [0, 0.1) is 0 Å². The highest BCUT2D eigenvalue weighted by Gasteiger charge is 2.33. The van der Waals surface area contributed by atoms with Gasteiger partial charge in [-0.15, -0.1) is 0 Å². The molecule has 0 spiro atoms. The maximum Gasteiger partial charge on any atom is 0.345 e. The van der Waals surface area contributed by atoms with E-state index in [1.54, 1.807) is 18.2 Å². The van der Waals surface area contributed by atoms with Gasteiger partial charge in [-0.25, -0.2) is 4.79 Å². The molecule has 2 aromatic rings. The third kappa shape index (κ3) is 2.40. The summed E-state index contributed by atoms with van der Waals surface area (Å²) in [4.78, 5) is 19.8. The fourth-order valence-electron chi connectivity index (χ4n) is 2.02. The number of rotatable bonds is 4. The minimum Gasteiger partial charge on any atom is -0.481 e. The molecule has 1 aliphatic rings. The van der Waals surface area contributed by atoms with Crippen molar-refractivity contribution in [2.45, 2.75) is 6.29 Å². The standard InChI is InChI=1S/C14H12N2O6/c1-19-9-6-10(20-2)16-14(15-9)21-8-5-3-4-7-11(8)13(18)22-12(7)17/h3-6,12,17H,1-2H3. The summed E-state index contributed by atoms with van der Waals surface area (Å²) >= 11 is 0. The summed E-state index contributed by atoms with van der Waals surface area (Å²) in [5.74, 6) is -0.00334. The molecule has 114 valence electrons. The van der Waals surface area contributed by atoms with Gasteiger partial charge >= 0.3 is 12.0 Å². The lowest BCUT2D eigenvalue weighted by Gasteiger charge is -2.09. The quantitative estimate of drug-likeness (QED) is 0.847. The van der Waals surface area contributed by atoms with Crippen LogP contribution in [0.3, 0.4) is 0 Å². The van der Waals surface area contributed by atoms with E-state index in [9.17, 15) is 9.90 Å². The molecular formula is C14H12N2O6. The Morgan fingerprint density at radius 3 is 2.50 bits per heavy atom. The van der Waals surface area contributed by atoms with Gasteiger partial charge in [0.1, 0.15) is 11.3 Å². The van der Waals surface area contributed by atoms with Gasteiger partial charge in [-0.05, 0) is 6.07 Å². The maximum atomic E-state index is 11.8. The van der Waals surface area contributed by atoms with E-state index in [1.807, 2.05) is 0 Å². The van der Waals surface area contributed by atoms with Crippen molar-refractivity contribution < 1.29 is 28.8 Å². The van der Waals surface area contributed by atoms with Crippen molar-refractivity contribution in [3.8, 4) is 23.5 Å². The normalized spacial score (nSPS) is 16.0. The first-order chi connectivity index (χ1) is 10.6. The Morgan fingerprint density at radius 2 is 1.86 bits per heavy atom. The Labute approximate surface area is 125 Å². The molecule has 0 amide bonds. The molecule has 3 rings (SSSR count). The van der Waals surface area contributed by atoms with Crippen LogP contribution in [0.1, 0.15) is 22.2 Å². The number of carbonyl (C=O) groups excluding carboxylic acids is 1. The predicted octanol–water partition coefficient (Wildman–Crippen LogP) is 1.45. The topological polar surface area (TPSA) is 100 Å². The van der Waals surface area contributed by atoms with Crippen molar-refractivity contribution in [1.29, 1.82) is 0 Å². The van der Waals surface area contributed by atoms with E-state index in [0.717, 1.165) is 0 Å². The zero-order valence-corrected chi connectivity index (χ0v) is 11.8. The summed E-state index contributed by atoms with van der Waals surface area (Å²) in [6, 6.07) is 6.17. The molecule has 0 saturated heterocycles. The Bertz CT molecular complexity index is 711. The van der Waals surface area contributed by atoms with Gasteiger partial charge in [-0.1, -0.05) is 12.1 Å². The smallest absolute Gasteiger partial charge is 0.345 e. The predicted molar refractivity (Wildman–Crippen MR) is 72.0 cm³/mol. The summed E-state index contributed by atoms with van der Waals surface area (Å²) in [7, 11) is 2.89. The molecule has 0 bridgehead atoms. The van der Waals surface area contributed by atoms with Gasteiger partial charge in [-0.3, -0.25) is 0 Å². The van der Waals surface area contributed by atoms with Crippen molar-refractivity contribution in [3.63, 3.8) is 0 Å². The lowest BCUT2D eigenvalue weighted by atomic mass is 10.1. The Morgan fingerprint density at radius 1 is 1.18 bits per heavy atom. The Balaban J connectivity index is 2.00. The van der Waals surface area contributed by atoms with Crippen LogP contribution in [0.5, 0.6) is 23.5 Å². The van der Waals surface area contributed by atoms with Crippen LogP contribution in [-0.2, 0) is 4.74 Å². The first kappa shape index (κ1) is 14.1. The van der Waals surface area contributed by atoms with Crippen molar-refractivity contribution in [2.75, 3.05) is 14.2 Å². The first-order valence-electron chi connectivity index (χ1n) is 6.29. The number of aromatic nitrogens is 2. The molecule has 8 heteroatoms. The molecule has 1 aromatic carbocycles. The number of hydrogen-bond donors (Lipinski definition) is 1. The van der Waals surface area contributed by atoms with E-state index in [1.165, 1.54) is 20.3 Å². The number of ether oxygens (including phenoxy) is 4. The highest BCUT2D eigenvalue weighted by Crippen LogP contribution is 2.36. The number of nitrogens with zero attached hydrogens (tertiary/aromatic N) is 2. The van der Waals surface area contributed by atoms with E-state index in [0.29, 0.717) is 5.56 Å². The summed E-state index contributed by atoms with van der Waals surface area (Å²) in [5, 5.41) is 9.64. The molecule has 1 unspecified atom stereocenters. The second-order valence-corrected chi connectivity index (χ2v) is 4.32. The average Bonchev–Trinajstić information content (AvgIpc) is 2.82. The number of aliphatic hydroxyl groups excluding tert-OH is 1. The van der Waals surface area contributed by atoms with Crippen LogP contribution in [0.2, 0.25) is 0 Å². The number of cyclic esters (lactones) is 1. The second kappa shape index (κ2) is 5.49. The largest absolute Gasteiger partial charge is 0.481 e. The SMILES string of the molecule is COc1cc(OC)nc(Oc2cccc3c2C(=O)OC3O)n1. The number of methoxy groups -OCH3 is 2. The molecule has 1 atom stereocenters. The number of aliphatic hydroxyl groups is 1. The number of fused-ring (bicyclic) bond motifs is 1. The van der Waals surface area contributed by atoms with Crippen LogP contribution >= 0.6 is 0 Å². The van der Waals surface area contributed by atoms with Crippen LogP contribution < -0.4 is 14.2 Å². The van der Waals surface area contributed by atoms with E-state index in [2.05, 4.69) is 9.97 Å². The van der Waals surface area contributed by atoms with Crippen LogP contribution in [0.15, 0.2) is 24.3 Å². The zero-order valence-electron chi connectivity index (χ0n) is 11.8. The zero-order chi connectivity index (χ0) is 15.7. The summed E-state index contributed by atoms with van der Waals surface area (Å²) in [6.07, 6.45) is -1.30. The molecule has 2 heterocycles. The third-order valence-electron chi connectivity index (χ3n) is 3.03. The second-order valence-electron chi connectivity index (χ2n) is 4.32. The van der Waals surface area contributed by atoms with Crippen LogP contribution in [-0.4, -0.2) is 35.3 Å². The molecular weight excluding hydrogens is 292 g/mol. The lowest BCUT2D eigenvalue weighted by molar-refractivity contribution is -0.0547. The Hall–Kier alpha value is -2.87. The molecule has 8 nitrogen and oxygen atoms in total. The highest BCUT2D eigenvalue weighted by atomic mass is 16.6. The number of benzene rings is 1. The van der Waals surface area contributed by atoms with Crippen molar-refractivity contribution >= 4 is 5.97 Å². The van der Waals surface area contributed by atoms with Crippen molar-refractivity contribution in [1.82, 2.24) is 9.97 Å². The van der Waals surface area contributed by atoms with Crippen LogP contribution in [0.4, 0.5) is 0 Å². The summed E-state index contributed by atoms with van der Waals surface area (Å²) < 4.78 is 20.3. The minimum atomic E-state index is -1.30. The van der Waals surface area contributed by atoms with Gasteiger partial charge in [0.05, 0.1) is 20.3 Å². The van der Waals surface area contributed by atoms with Crippen molar-refractivity contribution in [3.05, 3.63) is 35.4 Å². The van der Waals surface area contributed by atoms with Crippen molar-refractivity contribution in [2.24, 2.45) is 0 Å². The summed E-state index contributed by atoms with van der Waals surface area (Å²) in [6.45, 7) is 0. The van der Waals surface area contributed by atoms with Gasteiger partial charge < -0.3 is 24.1 Å². The lowest BCUT2D eigenvalue weighted by Crippen LogP contribution is -2.01. The van der Waals surface area contributed by atoms with Gasteiger partial charge in [0.25, 0.3) is 0 Å². The summed E-state index contributed by atoms with van der Waals surface area (Å²) in [5.41, 5.74) is 0.470. The van der Waals surface area contributed by atoms with E-state index in [4.69, 9.17) is 18.9 Å². The highest BCUT2D eigenvalue weighted by molar-refractivity contribution is 5.96. The fraction of sp³-hybridized carbons (Fsp3) is 0.214. The molecule has 1 N–H and O–H groups in total. The molecule has 0 radical (unpaired) electrons. The van der Waals surface area contributed by atoms with Crippen LogP contribution in [0.25, 0.3) is 0 Å². The first-order valence-corrected chi connectivity index (χ1v) is 6.29. The molecule has 0 saturated carbocycles. The molecule has 1 aliphatic heterocycles. The fourth-order valence-corrected chi connectivity index (χ4v) is 2.02. The van der Waals surface area contributed by atoms with Gasteiger partial charge in [0, 0.05) is 5.56 Å². The molecule has 0 fully saturated rings. The number of esters is 1. The molecule has 0 aliphatic carbocycles. The van der Waals surface area contributed by atoms with E-state index < -0.39 is 12.3 Å². The monoisotopic (exact) mass is 304 g/mol. The minimum absolute atomic E-state index is 0.0567. The van der Waals surface area contributed by atoms with E-state index >= 15 is 0 Å². The Kier molecular flexibility index (Phi) is 3.51. The number of carbonyl (C=O) groups is 1. The maximum absolute atomic E-state index is 11.8. The van der Waals surface area contributed by atoms with Gasteiger partial charge in [0.2, 0.25) is 18.1 Å². The molecule has 22 heavy (non-hydrogen) atoms. The van der Waals surface area contributed by atoms with Gasteiger partial charge in [-0.2, -0.15) is 9.97 Å². The van der Waals surface area contributed by atoms with E-state index in [-0.39, 0.29) is 29.1 Å².